The van der Waals surface area contributed by atoms with Gasteiger partial charge < -0.3 is 14.5 Å². The Kier molecular flexibility index (Phi) is 5.94. The highest BCUT2D eigenvalue weighted by atomic mass is 16.5. The third-order valence-electron chi connectivity index (χ3n) is 4.78. The summed E-state index contributed by atoms with van der Waals surface area (Å²) in [5, 5.41) is 20.3. The number of hydrogen-bond donors (Lipinski definition) is 1. The zero-order valence-corrected chi connectivity index (χ0v) is 17.0. The summed E-state index contributed by atoms with van der Waals surface area (Å²) in [4.78, 5) is 12.8. The van der Waals surface area contributed by atoms with Gasteiger partial charge in [-0.05, 0) is 55.0 Å². The number of fused-ring (bicyclic) bond motifs is 1. The average Bonchev–Trinajstić information content (AvgIpc) is 3.45. The van der Waals surface area contributed by atoms with Gasteiger partial charge in [-0.3, -0.25) is 9.20 Å². The number of nitrogens with one attached hydrogen (secondary N) is 1. The maximum atomic E-state index is 12.8. The van der Waals surface area contributed by atoms with E-state index in [1.165, 1.54) is 0 Å². The fourth-order valence-electron chi connectivity index (χ4n) is 3.24. The number of amides is 1. The smallest absolute Gasteiger partial charge is 0.287 e. The first-order valence-corrected chi connectivity index (χ1v) is 10.00. The van der Waals surface area contributed by atoms with Gasteiger partial charge in [0.2, 0.25) is 0 Å². The third-order valence-corrected chi connectivity index (χ3v) is 4.78. The molecule has 0 saturated carbocycles. The molecule has 0 radical (unpaired) electrons. The van der Waals surface area contributed by atoms with Crippen molar-refractivity contribution in [3.8, 4) is 11.8 Å². The van der Waals surface area contributed by atoms with E-state index in [9.17, 15) is 4.79 Å². The van der Waals surface area contributed by atoms with E-state index in [0.29, 0.717) is 22.9 Å². The summed E-state index contributed by atoms with van der Waals surface area (Å²) in [7, 11) is 0. The maximum absolute atomic E-state index is 12.8. The lowest BCUT2D eigenvalue weighted by molar-refractivity contribution is 0.0900. The average molecular weight is 415 g/mol. The number of benzene rings is 1. The standard InChI is InChI=1S/C23H21N5O3/c1-2-5-19(22-27-26-21-6-3-4-13-28(21)22)25-23(29)20-12-11-18(31-20)15-30-17-9-7-16(14-24)8-10-17/h3-4,6-13,19H,2,5,15H2,1H3,(H,25,29). The van der Waals surface area contributed by atoms with Crippen LogP contribution < -0.4 is 10.1 Å². The molecule has 0 fully saturated rings. The van der Waals surface area contributed by atoms with Crippen molar-refractivity contribution in [2.75, 3.05) is 0 Å². The first-order valence-electron chi connectivity index (χ1n) is 10.00. The zero-order chi connectivity index (χ0) is 21.6. The summed E-state index contributed by atoms with van der Waals surface area (Å²) >= 11 is 0. The third kappa shape index (κ3) is 4.56. The topological polar surface area (TPSA) is 105 Å². The van der Waals surface area contributed by atoms with E-state index in [2.05, 4.69) is 21.6 Å². The molecule has 3 heterocycles. The van der Waals surface area contributed by atoms with E-state index >= 15 is 0 Å². The molecule has 1 atom stereocenters. The second-order valence-electron chi connectivity index (χ2n) is 6.99. The number of rotatable bonds is 8. The molecule has 1 N–H and O–H groups in total. The monoisotopic (exact) mass is 415 g/mol. The van der Waals surface area contributed by atoms with Crippen molar-refractivity contribution in [3.05, 3.63) is 83.7 Å². The molecule has 8 nitrogen and oxygen atoms in total. The minimum Gasteiger partial charge on any atom is -0.486 e. The molecule has 4 aromatic rings. The molecule has 156 valence electrons. The normalized spacial score (nSPS) is 11.7. The number of nitrogens with zero attached hydrogens (tertiary/aromatic N) is 4. The van der Waals surface area contributed by atoms with E-state index in [0.717, 1.165) is 18.5 Å². The molecule has 31 heavy (non-hydrogen) atoms. The van der Waals surface area contributed by atoms with Gasteiger partial charge in [0.1, 0.15) is 18.1 Å². The largest absolute Gasteiger partial charge is 0.486 e. The highest BCUT2D eigenvalue weighted by molar-refractivity contribution is 5.91. The predicted octanol–water partition coefficient (Wildman–Crippen LogP) is 4.04. The van der Waals surface area contributed by atoms with Crippen molar-refractivity contribution in [1.82, 2.24) is 19.9 Å². The van der Waals surface area contributed by atoms with Crippen LogP contribution in [0.2, 0.25) is 0 Å². The van der Waals surface area contributed by atoms with Gasteiger partial charge >= 0.3 is 0 Å². The molecule has 0 aliphatic carbocycles. The number of nitriles is 1. The Bertz CT molecular complexity index is 1220. The minimum atomic E-state index is -0.323. The Balaban J connectivity index is 1.42. The highest BCUT2D eigenvalue weighted by Gasteiger charge is 2.22. The van der Waals surface area contributed by atoms with Crippen LogP contribution in [0.4, 0.5) is 0 Å². The lowest BCUT2D eigenvalue weighted by Gasteiger charge is -2.15. The van der Waals surface area contributed by atoms with Crippen LogP contribution in [0.15, 0.2) is 65.2 Å². The number of aromatic nitrogens is 3. The SMILES string of the molecule is CCCC(NC(=O)c1ccc(COc2ccc(C#N)cc2)o1)c1nnc2ccccn12. The Morgan fingerprint density at radius 1 is 1.19 bits per heavy atom. The number of carbonyl (C=O) groups is 1. The summed E-state index contributed by atoms with van der Waals surface area (Å²) in [5.74, 6) is 1.70. The van der Waals surface area contributed by atoms with Crippen molar-refractivity contribution in [1.29, 1.82) is 5.26 Å². The predicted molar refractivity (Wildman–Crippen MR) is 112 cm³/mol. The van der Waals surface area contributed by atoms with Gasteiger partial charge in [-0.1, -0.05) is 19.4 Å². The van der Waals surface area contributed by atoms with E-state index in [4.69, 9.17) is 14.4 Å². The number of furan rings is 1. The highest BCUT2D eigenvalue weighted by Crippen LogP contribution is 2.20. The van der Waals surface area contributed by atoms with Crippen LogP contribution in [0, 0.1) is 11.3 Å². The molecule has 1 amide bonds. The fourth-order valence-corrected chi connectivity index (χ4v) is 3.24. The van der Waals surface area contributed by atoms with Crippen molar-refractivity contribution in [2.45, 2.75) is 32.4 Å². The van der Waals surface area contributed by atoms with E-state index < -0.39 is 0 Å². The van der Waals surface area contributed by atoms with Gasteiger partial charge in [0.05, 0.1) is 17.7 Å². The fraction of sp³-hybridized carbons (Fsp3) is 0.217. The quantitative estimate of drug-likeness (QED) is 0.465. The van der Waals surface area contributed by atoms with Crippen molar-refractivity contribution in [2.24, 2.45) is 0 Å². The Morgan fingerprint density at radius 2 is 2.03 bits per heavy atom. The molecule has 1 unspecified atom stereocenters. The summed E-state index contributed by atoms with van der Waals surface area (Å²) in [5.41, 5.74) is 1.29. The van der Waals surface area contributed by atoms with Gasteiger partial charge in [0.25, 0.3) is 5.91 Å². The summed E-state index contributed by atoms with van der Waals surface area (Å²) in [6, 6.07) is 17.6. The Hall–Kier alpha value is -4.12. The van der Waals surface area contributed by atoms with Crippen LogP contribution in [0.3, 0.4) is 0 Å². The molecular formula is C23H21N5O3. The molecule has 8 heteroatoms. The molecule has 4 rings (SSSR count). The van der Waals surface area contributed by atoms with Gasteiger partial charge in [-0.2, -0.15) is 5.26 Å². The van der Waals surface area contributed by atoms with Crippen LogP contribution >= 0.6 is 0 Å². The first-order chi connectivity index (χ1) is 15.2. The van der Waals surface area contributed by atoms with Gasteiger partial charge in [-0.15, -0.1) is 10.2 Å². The van der Waals surface area contributed by atoms with Gasteiger partial charge in [0.15, 0.2) is 17.2 Å². The zero-order valence-electron chi connectivity index (χ0n) is 17.0. The Labute approximate surface area is 179 Å². The molecule has 0 bridgehead atoms. The molecule has 1 aromatic carbocycles. The van der Waals surface area contributed by atoms with Gasteiger partial charge in [0, 0.05) is 6.20 Å². The summed E-state index contributed by atoms with van der Waals surface area (Å²) in [6.45, 7) is 2.22. The molecule has 0 aliphatic rings. The van der Waals surface area contributed by atoms with Gasteiger partial charge in [-0.25, -0.2) is 0 Å². The maximum Gasteiger partial charge on any atom is 0.287 e. The lowest BCUT2D eigenvalue weighted by Crippen LogP contribution is -2.29. The van der Waals surface area contributed by atoms with E-state index in [1.54, 1.807) is 36.4 Å². The van der Waals surface area contributed by atoms with Crippen molar-refractivity contribution >= 4 is 11.6 Å². The van der Waals surface area contributed by atoms with Crippen LogP contribution in [0.5, 0.6) is 5.75 Å². The second-order valence-corrected chi connectivity index (χ2v) is 6.99. The van der Waals surface area contributed by atoms with Crippen molar-refractivity contribution < 1.29 is 13.9 Å². The number of ether oxygens (including phenoxy) is 1. The molecule has 3 aromatic heterocycles. The summed E-state index contributed by atoms with van der Waals surface area (Å²) in [6.07, 6.45) is 3.47. The van der Waals surface area contributed by atoms with E-state index in [1.807, 2.05) is 35.7 Å². The molecule has 0 spiro atoms. The molecular weight excluding hydrogens is 394 g/mol. The number of carbonyl (C=O) groups excluding carboxylic acids is 1. The van der Waals surface area contributed by atoms with Crippen LogP contribution in [-0.2, 0) is 6.61 Å². The van der Waals surface area contributed by atoms with Crippen molar-refractivity contribution in [3.63, 3.8) is 0 Å². The minimum absolute atomic E-state index is 0.173. The summed E-state index contributed by atoms with van der Waals surface area (Å²) < 4.78 is 13.2. The van der Waals surface area contributed by atoms with Crippen LogP contribution in [-0.4, -0.2) is 20.5 Å². The number of hydrogen-bond acceptors (Lipinski definition) is 6. The number of pyridine rings is 1. The lowest BCUT2D eigenvalue weighted by atomic mass is 10.1. The van der Waals surface area contributed by atoms with Crippen LogP contribution in [0.25, 0.3) is 5.65 Å². The Morgan fingerprint density at radius 3 is 2.81 bits per heavy atom. The molecule has 0 saturated heterocycles. The molecule has 0 aliphatic heterocycles. The first kappa shape index (κ1) is 20.2. The second kappa shape index (κ2) is 9.13. The van der Waals surface area contributed by atoms with E-state index in [-0.39, 0.29) is 24.3 Å². The van der Waals surface area contributed by atoms with Crippen LogP contribution in [0.1, 0.15) is 53.5 Å².